The molecule has 79 heavy (non-hydrogen) atoms. The fourth-order valence-electron chi connectivity index (χ4n) is 8.82. The van der Waals surface area contributed by atoms with Crippen LogP contribution in [0.2, 0.25) is 0 Å². The van der Waals surface area contributed by atoms with Gasteiger partial charge in [-0.25, -0.2) is 29.0 Å². The number of hydrogen-bond donors (Lipinski definition) is 2. The Hall–Kier alpha value is -7.62. The maximum absolute atomic E-state index is 12.9. The van der Waals surface area contributed by atoms with Crippen LogP contribution >= 0.6 is 34.0 Å². The molecule has 0 aliphatic rings. The molecule has 0 bridgehead atoms. The zero-order chi connectivity index (χ0) is 54.7. The van der Waals surface area contributed by atoms with E-state index in [2.05, 4.69) is 36.8 Å². The van der Waals surface area contributed by atoms with Crippen LogP contribution < -0.4 is 60.4 Å². The summed E-state index contributed by atoms with van der Waals surface area (Å²) in [5.41, 5.74) is 6.14. The molecule has 2 N–H and O–H groups in total. The van der Waals surface area contributed by atoms with Crippen molar-refractivity contribution >= 4 is 119 Å². The number of benzene rings is 3. The number of aryl methyl sites for hydroxylation is 3. The largest absolute Gasteiger partial charge is 1.00 e. The van der Waals surface area contributed by atoms with Gasteiger partial charge in [0.1, 0.15) is 43.8 Å². The molecule has 0 unspecified atom stereocenters. The average Bonchev–Trinajstić information content (AvgIpc) is 4.52. The second-order valence-corrected chi connectivity index (χ2v) is 20.1. The molecule has 9 heterocycles. The van der Waals surface area contributed by atoms with Gasteiger partial charge in [-0.3, -0.25) is 19.2 Å². The normalized spacial score (nSPS) is 10.8. The Morgan fingerprint density at radius 3 is 1.25 bits per heavy atom. The van der Waals surface area contributed by atoms with Gasteiger partial charge in [0.25, 0.3) is 16.7 Å². The molecule has 0 fully saturated rings. The van der Waals surface area contributed by atoms with E-state index < -0.39 is 0 Å². The van der Waals surface area contributed by atoms with E-state index in [4.69, 9.17) is 19.3 Å². The molecule has 26 heteroatoms. The zero-order valence-electron chi connectivity index (χ0n) is 45.3. The summed E-state index contributed by atoms with van der Waals surface area (Å²) in [5, 5.41) is 33.4. The second-order valence-electron chi connectivity index (χ2n) is 17.0. The van der Waals surface area contributed by atoms with E-state index in [1.54, 1.807) is 62.2 Å². The molecule has 12 aromatic rings. The SMILES string of the molecule is C=Cc1nc2c(s1)c1cnn(Cc3cccc(OC)c3)c(=O)c1n2C.CO.COc1cccc(Cn2ncc3c4sc(C=O)nc4n(C)c3c2=O)c1.COc1cccc(Cn2ncc3c4sc(CO)nc4n(C)c3c2=O)c1.[B].[H-].[Na+]. The van der Waals surface area contributed by atoms with Gasteiger partial charge in [-0.1, -0.05) is 43.0 Å². The van der Waals surface area contributed by atoms with E-state index in [9.17, 15) is 24.3 Å². The van der Waals surface area contributed by atoms with Crippen molar-refractivity contribution in [1.29, 1.82) is 0 Å². The number of aldehydes is 1. The minimum absolute atomic E-state index is 0. The van der Waals surface area contributed by atoms with Gasteiger partial charge in [0.05, 0.1) is 80.3 Å². The quantitative estimate of drug-likeness (QED) is 0.131. The number of fused-ring (bicyclic) bond motifs is 9. The fraction of sp³-hybridized carbons (Fsp3) is 0.208. The number of nitrogens with zero attached hydrogens (tertiary/aromatic N) is 12. The van der Waals surface area contributed by atoms with E-state index in [1.807, 2.05) is 91.5 Å². The first-order valence-electron chi connectivity index (χ1n) is 23.4. The summed E-state index contributed by atoms with van der Waals surface area (Å²) < 4.78 is 28.0. The third-order valence-corrected chi connectivity index (χ3v) is 15.6. The number of hydrogen-bond acceptors (Lipinski definition) is 18. The minimum atomic E-state index is -0.194. The van der Waals surface area contributed by atoms with Crippen LogP contribution in [0.25, 0.3) is 69.8 Å². The van der Waals surface area contributed by atoms with Crippen LogP contribution in [-0.4, -0.2) is 111 Å². The number of ether oxygens (including phenoxy) is 3. The number of carbonyl (C=O) groups is 1. The standard InChI is InChI=1S/C18H16N4O2S.C17H16N4O3S.C17H14N4O3S.CH4O.B.Na.H/c1-4-14-20-17-16(25-14)13-9-19-22(18(23)15(13)21(17)2)10-11-6-5-7-12(8-11)24-3;2*1-20-14-12(15-16(20)19-13(9-22)25-15)7-18-21(17(14)23)8-10-4-3-5-11(6-10)24-2;1-2;;;/h4-9H,1,10H2,2-3H3;3-7,22H,8-9H2,1-2H3;3-7,9H,8H2,1-2H3;2H,1H3;;;/q;;;;;+1;-1. The smallest absolute Gasteiger partial charge is 1.00 e. The molecule has 0 aliphatic carbocycles. The number of thiazole rings is 3. The van der Waals surface area contributed by atoms with Crippen LogP contribution in [0.1, 0.15) is 37.9 Å². The summed E-state index contributed by atoms with van der Waals surface area (Å²) in [7, 11) is 11.3. The topological polar surface area (TPSA) is 243 Å². The number of rotatable bonds is 12. The monoisotopic (exact) mass is 1130 g/mol. The first-order valence-corrected chi connectivity index (χ1v) is 25.9. The van der Waals surface area contributed by atoms with E-state index in [-0.39, 0.29) is 62.7 Å². The van der Waals surface area contributed by atoms with E-state index in [0.717, 1.165) is 82.0 Å². The van der Waals surface area contributed by atoms with Gasteiger partial charge in [0.15, 0.2) is 28.2 Å². The molecule has 0 saturated carbocycles. The molecule has 3 radical (unpaired) electrons. The van der Waals surface area contributed by atoms with Crippen molar-refractivity contribution in [3.05, 3.63) is 161 Å². The Labute approximate surface area is 487 Å². The van der Waals surface area contributed by atoms with Crippen LogP contribution in [0.15, 0.2) is 112 Å². The fourth-order valence-corrected chi connectivity index (χ4v) is 11.7. The Kier molecular flexibility index (Phi) is 19.0. The maximum atomic E-state index is 12.9. The summed E-state index contributed by atoms with van der Waals surface area (Å²) in [6.45, 7) is 4.74. The first kappa shape index (κ1) is 59.1. The van der Waals surface area contributed by atoms with Crippen molar-refractivity contribution in [1.82, 2.24) is 58.0 Å². The van der Waals surface area contributed by atoms with Crippen LogP contribution in [0.5, 0.6) is 17.2 Å². The predicted molar refractivity (Wildman–Crippen MR) is 307 cm³/mol. The summed E-state index contributed by atoms with van der Waals surface area (Å²) in [6, 6.07) is 22.7. The van der Waals surface area contributed by atoms with Gasteiger partial charge < -0.3 is 39.6 Å². The Bertz CT molecular complexity index is 4200. The van der Waals surface area contributed by atoms with Crippen molar-refractivity contribution in [2.24, 2.45) is 21.1 Å². The Morgan fingerprint density at radius 1 is 0.570 bits per heavy atom. The zero-order valence-corrected chi connectivity index (χ0v) is 48.7. The Balaban J connectivity index is 0.000000187. The van der Waals surface area contributed by atoms with Crippen molar-refractivity contribution in [2.75, 3.05) is 28.4 Å². The summed E-state index contributed by atoms with van der Waals surface area (Å²) in [6.07, 6.45) is 7.52. The van der Waals surface area contributed by atoms with Crippen molar-refractivity contribution in [3.8, 4) is 17.2 Å². The molecule has 21 nitrogen and oxygen atoms in total. The molecular formula is C53H51BN12NaO9S3. The minimum Gasteiger partial charge on any atom is -1.00 e. The molecule has 0 spiro atoms. The van der Waals surface area contributed by atoms with Crippen molar-refractivity contribution in [2.45, 2.75) is 26.2 Å². The van der Waals surface area contributed by atoms with Crippen molar-refractivity contribution in [3.63, 3.8) is 0 Å². The van der Waals surface area contributed by atoms with Crippen molar-refractivity contribution < 1.29 is 60.2 Å². The number of aromatic nitrogens is 12. The van der Waals surface area contributed by atoms with Gasteiger partial charge in [-0.15, -0.1) is 34.0 Å². The molecule has 0 saturated heterocycles. The first-order chi connectivity index (χ1) is 37.4. The number of aliphatic hydroxyl groups is 2. The van der Waals surface area contributed by atoms with E-state index in [1.165, 1.54) is 48.1 Å². The number of aliphatic hydroxyl groups excluding tert-OH is 2. The Morgan fingerprint density at radius 2 is 0.911 bits per heavy atom. The van der Waals surface area contributed by atoms with Crippen LogP contribution in [0, 0.1) is 0 Å². The third kappa shape index (κ3) is 11.5. The number of carbonyl (C=O) groups excluding carboxylic acids is 1. The van der Waals surface area contributed by atoms with Gasteiger partial charge in [0.2, 0.25) is 0 Å². The van der Waals surface area contributed by atoms with Gasteiger partial charge in [-0.2, -0.15) is 15.3 Å². The predicted octanol–water partition coefficient (Wildman–Crippen LogP) is 3.50. The number of methoxy groups -OCH3 is 3. The van der Waals surface area contributed by atoms with Crippen LogP contribution in [-0.2, 0) is 47.4 Å². The van der Waals surface area contributed by atoms with Crippen LogP contribution in [0.4, 0.5) is 0 Å². The third-order valence-electron chi connectivity index (χ3n) is 12.5. The van der Waals surface area contributed by atoms with E-state index in [0.29, 0.717) is 63.8 Å². The van der Waals surface area contributed by atoms with E-state index >= 15 is 0 Å². The second kappa shape index (κ2) is 25.5. The summed E-state index contributed by atoms with van der Waals surface area (Å²) in [5.74, 6) is 2.23. The average molecular weight is 1130 g/mol. The molecule has 3 aromatic carbocycles. The summed E-state index contributed by atoms with van der Waals surface area (Å²) in [4.78, 5) is 62.8. The van der Waals surface area contributed by atoms with Gasteiger partial charge >= 0.3 is 29.6 Å². The molecule has 0 amide bonds. The van der Waals surface area contributed by atoms with Crippen LogP contribution in [0.3, 0.4) is 0 Å². The van der Waals surface area contributed by atoms with Gasteiger partial charge in [-0.05, 0) is 59.2 Å². The molecule has 12 rings (SSSR count). The molecule has 0 atom stereocenters. The molecular weight excluding hydrogens is 1080 g/mol. The molecule has 399 valence electrons. The summed E-state index contributed by atoms with van der Waals surface area (Å²) >= 11 is 4.17. The molecule has 9 aromatic heterocycles. The van der Waals surface area contributed by atoms with Gasteiger partial charge in [0, 0.05) is 52.8 Å². The maximum Gasteiger partial charge on any atom is 1.00 e. The molecule has 0 aliphatic heterocycles.